The zero-order valence-electron chi connectivity index (χ0n) is 12.6. The number of nitrogens with one attached hydrogen (secondary N) is 1. The molecule has 1 unspecified atom stereocenters. The average molecular weight is 302 g/mol. The maximum absolute atomic E-state index is 12.3. The Morgan fingerprint density at radius 1 is 1.14 bits per heavy atom. The SMILES string of the molecule is O=C(O)CCNC(=O)N1[C@@H]2CC[C@H]1CC(c1ccccc1)C2. The summed E-state index contributed by atoms with van der Waals surface area (Å²) in [5, 5.41) is 11.4. The minimum Gasteiger partial charge on any atom is -0.481 e. The number of carboxylic acid groups (broad SMARTS) is 1. The van der Waals surface area contributed by atoms with Crippen LogP contribution in [0.5, 0.6) is 0 Å². The fourth-order valence-electron chi connectivity index (χ4n) is 3.87. The lowest BCUT2D eigenvalue weighted by atomic mass is 9.85. The minimum atomic E-state index is -0.883. The Kier molecular flexibility index (Phi) is 4.32. The molecular weight excluding hydrogens is 280 g/mol. The first-order valence-corrected chi connectivity index (χ1v) is 7.98. The molecule has 2 aliphatic heterocycles. The van der Waals surface area contributed by atoms with Crippen LogP contribution in [0, 0.1) is 0 Å². The molecule has 0 saturated carbocycles. The molecule has 1 aromatic carbocycles. The Labute approximate surface area is 130 Å². The lowest BCUT2D eigenvalue weighted by molar-refractivity contribution is -0.136. The number of urea groups is 1. The number of amides is 2. The lowest BCUT2D eigenvalue weighted by Gasteiger charge is -2.39. The first kappa shape index (κ1) is 14.9. The Morgan fingerprint density at radius 3 is 2.36 bits per heavy atom. The summed E-state index contributed by atoms with van der Waals surface area (Å²) in [6, 6.07) is 11.0. The summed E-state index contributed by atoms with van der Waals surface area (Å²) in [5.41, 5.74) is 1.37. The largest absolute Gasteiger partial charge is 0.481 e. The van der Waals surface area contributed by atoms with E-state index in [1.54, 1.807) is 0 Å². The molecule has 0 aliphatic carbocycles. The van der Waals surface area contributed by atoms with E-state index in [-0.39, 0.29) is 31.1 Å². The van der Waals surface area contributed by atoms with Crippen LogP contribution in [0.1, 0.15) is 43.6 Å². The molecule has 1 aromatic rings. The number of piperidine rings is 1. The second-order valence-corrected chi connectivity index (χ2v) is 6.25. The molecule has 0 spiro atoms. The van der Waals surface area contributed by atoms with Gasteiger partial charge in [0.05, 0.1) is 6.42 Å². The van der Waals surface area contributed by atoms with Gasteiger partial charge in [0.2, 0.25) is 0 Å². The molecule has 2 saturated heterocycles. The molecule has 0 aromatic heterocycles. The topological polar surface area (TPSA) is 69.6 Å². The molecule has 0 radical (unpaired) electrons. The number of hydrogen-bond donors (Lipinski definition) is 2. The molecule has 3 atom stereocenters. The highest BCUT2D eigenvalue weighted by Gasteiger charge is 2.43. The second kappa shape index (κ2) is 6.38. The maximum atomic E-state index is 12.3. The van der Waals surface area contributed by atoms with Crippen molar-refractivity contribution in [3.63, 3.8) is 0 Å². The van der Waals surface area contributed by atoms with Gasteiger partial charge in [-0.3, -0.25) is 4.79 Å². The number of aliphatic carboxylic acids is 1. The van der Waals surface area contributed by atoms with Gasteiger partial charge in [0.25, 0.3) is 0 Å². The van der Waals surface area contributed by atoms with Crippen molar-refractivity contribution in [2.24, 2.45) is 0 Å². The summed E-state index contributed by atoms with van der Waals surface area (Å²) in [6.07, 6.45) is 4.10. The Balaban J connectivity index is 1.61. The highest BCUT2D eigenvalue weighted by atomic mass is 16.4. The van der Waals surface area contributed by atoms with E-state index in [1.807, 2.05) is 11.0 Å². The van der Waals surface area contributed by atoms with Crippen molar-refractivity contribution < 1.29 is 14.7 Å². The number of rotatable bonds is 4. The molecule has 5 nitrogen and oxygen atoms in total. The van der Waals surface area contributed by atoms with Crippen molar-refractivity contribution in [1.29, 1.82) is 0 Å². The average Bonchev–Trinajstić information content (AvgIpc) is 2.78. The van der Waals surface area contributed by atoms with Crippen molar-refractivity contribution in [2.45, 2.75) is 50.1 Å². The molecule has 22 heavy (non-hydrogen) atoms. The first-order valence-electron chi connectivity index (χ1n) is 7.98. The van der Waals surface area contributed by atoms with Gasteiger partial charge in [0, 0.05) is 18.6 Å². The van der Waals surface area contributed by atoms with E-state index in [4.69, 9.17) is 5.11 Å². The predicted octanol–water partition coefficient (Wildman–Crippen LogP) is 2.58. The fraction of sp³-hybridized carbons (Fsp3) is 0.529. The molecule has 3 rings (SSSR count). The molecule has 2 fully saturated rings. The lowest BCUT2D eigenvalue weighted by Crippen LogP contribution is -2.50. The predicted molar refractivity (Wildman–Crippen MR) is 82.7 cm³/mol. The van der Waals surface area contributed by atoms with E-state index in [0.29, 0.717) is 5.92 Å². The summed E-state index contributed by atoms with van der Waals surface area (Å²) in [6.45, 7) is 0.201. The van der Waals surface area contributed by atoms with Gasteiger partial charge in [0.1, 0.15) is 0 Å². The van der Waals surface area contributed by atoms with Crippen LogP contribution in [0.15, 0.2) is 30.3 Å². The Morgan fingerprint density at radius 2 is 1.77 bits per heavy atom. The van der Waals surface area contributed by atoms with Gasteiger partial charge in [-0.1, -0.05) is 30.3 Å². The summed E-state index contributed by atoms with van der Waals surface area (Å²) in [7, 11) is 0. The summed E-state index contributed by atoms with van der Waals surface area (Å²) in [4.78, 5) is 24.8. The highest BCUT2D eigenvalue weighted by molar-refractivity contribution is 5.76. The summed E-state index contributed by atoms with van der Waals surface area (Å²) >= 11 is 0. The number of carbonyl (C=O) groups is 2. The van der Waals surface area contributed by atoms with Crippen molar-refractivity contribution in [3.8, 4) is 0 Å². The van der Waals surface area contributed by atoms with Crippen LogP contribution >= 0.6 is 0 Å². The number of fused-ring (bicyclic) bond motifs is 2. The van der Waals surface area contributed by atoms with Gasteiger partial charge in [-0.25, -0.2) is 4.79 Å². The van der Waals surface area contributed by atoms with Crippen molar-refractivity contribution in [1.82, 2.24) is 10.2 Å². The number of benzene rings is 1. The molecule has 2 amide bonds. The van der Waals surface area contributed by atoms with E-state index >= 15 is 0 Å². The molecule has 118 valence electrons. The third-order valence-corrected chi connectivity index (χ3v) is 4.85. The summed E-state index contributed by atoms with van der Waals surface area (Å²) < 4.78 is 0. The number of hydrogen-bond acceptors (Lipinski definition) is 2. The van der Waals surface area contributed by atoms with E-state index in [2.05, 4.69) is 29.6 Å². The van der Waals surface area contributed by atoms with Crippen LogP contribution in [0.3, 0.4) is 0 Å². The zero-order valence-corrected chi connectivity index (χ0v) is 12.6. The van der Waals surface area contributed by atoms with E-state index in [9.17, 15) is 9.59 Å². The fourth-order valence-corrected chi connectivity index (χ4v) is 3.87. The number of carboxylic acids is 1. The van der Waals surface area contributed by atoms with Gasteiger partial charge in [0.15, 0.2) is 0 Å². The van der Waals surface area contributed by atoms with Crippen LogP contribution in [0.2, 0.25) is 0 Å². The van der Waals surface area contributed by atoms with E-state index < -0.39 is 5.97 Å². The van der Waals surface area contributed by atoms with Crippen molar-refractivity contribution in [2.75, 3.05) is 6.54 Å². The quantitative estimate of drug-likeness (QED) is 0.898. The molecule has 2 aliphatic rings. The van der Waals surface area contributed by atoms with Crippen LogP contribution < -0.4 is 5.32 Å². The second-order valence-electron chi connectivity index (χ2n) is 6.25. The Hall–Kier alpha value is -2.04. The van der Waals surface area contributed by atoms with Gasteiger partial charge in [-0.2, -0.15) is 0 Å². The number of nitrogens with zero attached hydrogens (tertiary/aromatic N) is 1. The first-order chi connectivity index (χ1) is 10.6. The van der Waals surface area contributed by atoms with Crippen molar-refractivity contribution >= 4 is 12.0 Å². The van der Waals surface area contributed by atoms with Gasteiger partial charge >= 0.3 is 12.0 Å². The van der Waals surface area contributed by atoms with Gasteiger partial charge in [-0.15, -0.1) is 0 Å². The molecule has 2 heterocycles. The van der Waals surface area contributed by atoms with Gasteiger partial charge < -0.3 is 15.3 Å². The number of carbonyl (C=O) groups excluding carboxylic acids is 1. The molecule has 5 heteroatoms. The van der Waals surface area contributed by atoms with Crippen LogP contribution in [0.25, 0.3) is 0 Å². The minimum absolute atomic E-state index is 0.0262. The highest BCUT2D eigenvalue weighted by Crippen LogP contribution is 2.42. The summed E-state index contributed by atoms with van der Waals surface area (Å²) in [5.74, 6) is -0.354. The van der Waals surface area contributed by atoms with Crippen LogP contribution in [0.4, 0.5) is 4.79 Å². The van der Waals surface area contributed by atoms with E-state index in [1.165, 1.54) is 5.56 Å². The Bertz CT molecular complexity index is 532. The molecule has 2 N–H and O–H groups in total. The van der Waals surface area contributed by atoms with Crippen molar-refractivity contribution in [3.05, 3.63) is 35.9 Å². The third kappa shape index (κ3) is 3.08. The van der Waals surface area contributed by atoms with Crippen LogP contribution in [-0.2, 0) is 4.79 Å². The van der Waals surface area contributed by atoms with Crippen LogP contribution in [-0.4, -0.2) is 40.6 Å². The third-order valence-electron chi connectivity index (χ3n) is 4.85. The molecular formula is C17H22N2O3. The standard InChI is InChI=1S/C17H22N2O3/c20-16(21)8-9-18-17(22)19-14-6-7-15(19)11-13(10-14)12-4-2-1-3-5-12/h1-5,13-15H,6-11H2,(H,18,22)(H,20,21)/t13?,14-,15+. The monoisotopic (exact) mass is 302 g/mol. The normalized spacial score (nSPS) is 26.7. The van der Waals surface area contributed by atoms with E-state index in [0.717, 1.165) is 25.7 Å². The zero-order chi connectivity index (χ0) is 15.5. The molecule has 2 bridgehead atoms. The smallest absolute Gasteiger partial charge is 0.317 e. The van der Waals surface area contributed by atoms with Gasteiger partial charge in [-0.05, 0) is 37.2 Å². The maximum Gasteiger partial charge on any atom is 0.317 e.